The molecule has 0 unspecified atom stereocenters. The molecule has 0 aliphatic rings. The molecule has 1 N–H and O–H groups in total. The highest BCUT2D eigenvalue weighted by atomic mass is 35.5. The number of methoxy groups -OCH3 is 1. The quantitative estimate of drug-likeness (QED) is 0.349. The van der Waals surface area contributed by atoms with Crippen LogP contribution in [-0.4, -0.2) is 31.5 Å². The fourth-order valence-electron chi connectivity index (χ4n) is 3.65. The first-order valence-corrected chi connectivity index (χ1v) is 12.5. The predicted octanol–water partition coefficient (Wildman–Crippen LogP) is 5.59. The van der Waals surface area contributed by atoms with Gasteiger partial charge in [-0.15, -0.1) is 0 Å². The van der Waals surface area contributed by atoms with Crippen LogP contribution in [0.15, 0.2) is 47.4 Å². The van der Waals surface area contributed by atoms with Gasteiger partial charge in [-0.2, -0.15) is 4.98 Å². The fraction of sp³-hybridized carbons (Fsp3) is 0.320. The van der Waals surface area contributed by atoms with E-state index in [9.17, 15) is 13.2 Å². The van der Waals surface area contributed by atoms with Gasteiger partial charge in [0.15, 0.2) is 0 Å². The van der Waals surface area contributed by atoms with Gasteiger partial charge in [-0.1, -0.05) is 56.6 Å². The molecule has 3 rings (SSSR count). The minimum atomic E-state index is -4.10. The van der Waals surface area contributed by atoms with Crippen molar-refractivity contribution in [3.05, 3.63) is 69.9 Å². The summed E-state index contributed by atoms with van der Waals surface area (Å²) in [4.78, 5) is 20.4. The minimum absolute atomic E-state index is 0.0301. The van der Waals surface area contributed by atoms with Gasteiger partial charge < -0.3 is 4.74 Å². The zero-order valence-electron chi connectivity index (χ0n) is 20.1. The molecule has 0 radical (unpaired) electrons. The number of benzene rings is 2. The zero-order valence-corrected chi connectivity index (χ0v) is 21.6. The SMILES string of the molecule is COC(=O)c1cccc(S(=O)(=O)Nc2nc(Cl)c(C)c(-c3c(C)cccc3CC(C)(C)C)n2)c1. The van der Waals surface area contributed by atoms with Gasteiger partial charge in [0.25, 0.3) is 10.0 Å². The maximum Gasteiger partial charge on any atom is 0.337 e. The molecule has 0 amide bonds. The van der Waals surface area contributed by atoms with E-state index in [1.165, 1.54) is 31.4 Å². The summed E-state index contributed by atoms with van der Waals surface area (Å²) in [6.07, 6.45) is 0.798. The molecule has 0 bridgehead atoms. The van der Waals surface area contributed by atoms with Crippen molar-refractivity contribution < 1.29 is 17.9 Å². The first-order chi connectivity index (χ1) is 15.8. The molecule has 0 aliphatic heterocycles. The molecule has 2 aromatic carbocycles. The summed E-state index contributed by atoms with van der Waals surface area (Å²) in [7, 11) is -2.87. The van der Waals surface area contributed by atoms with Crippen molar-refractivity contribution in [2.24, 2.45) is 5.41 Å². The van der Waals surface area contributed by atoms with E-state index in [2.05, 4.69) is 40.2 Å². The molecular weight excluding hydrogens is 474 g/mol. The van der Waals surface area contributed by atoms with E-state index in [0.717, 1.165) is 23.1 Å². The van der Waals surface area contributed by atoms with Gasteiger partial charge in [0.2, 0.25) is 5.95 Å². The topological polar surface area (TPSA) is 98.2 Å². The number of anilines is 1. The first kappa shape index (κ1) is 25.6. The third-order valence-corrected chi connectivity index (χ3v) is 6.89. The van der Waals surface area contributed by atoms with Crippen molar-refractivity contribution in [3.8, 4) is 11.3 Å². The monoisotopic (exact) mass is 501 g/mol. The van der Waals surface area contributed by atoms with Gasteiger partial charge in [0.1, 0.15) is 5.15 Å². The van der Waals surface area contributed by atoms with E-state index in [1.807, 2.05) is 32.0 Å². The number of hydrogen-bond acceptors (Lipinski definition) is 6. The average Bonchev–Trinajstić information content (AvgIpc) is 2.75. The zero-order chi connectivity index (χ0) is 25.3. The molecule has 0 fully saturated rings. The summed E-state index contributed by atoms with van der Waals surface area (Å²) >= 11 is 6.42. The molecule has 0 aliphatic carbocycles. The highest BCUT2D eigenvalue weighted by molar-refractivity contribution is 7.92. The molecule has 1 aromatic heterocycles. The summed E-state index contributed by atoms with van der Waals surface area (Å²) in [5.74, 6) is -0.793. The van der Waals surface area contributed by atoms with E-state index >= 15 is 0 Å². The first-order valence-electron chi connectivity index (χ1n) is 10.7. The second-order valence-electron chi connectivity index (χ2n) is 9.28. The molecule has 0 spiro atoms. The van der Waals surface area contributed by atoms with Crippen molar-refractivity contribution in [2.45, 2.75) is 45.9 Å². The molecule has 9 heteroatoms. The van der Waals surface area contributed by atoms with Crippen LogP contribution in [0.1, 0.15) is 47.8 Å². The van der Waals surface area contributed by atoms with E-state index in [1.54, 1.807) is 0 Å². The van der Waals surface area contributed by atoms with E-state index in [4.69, 9.17) is 11.6 Å². The maximum atomic E-state index is 13.0. The largest absolute Gasteiger partial charge is 0.465 e. The highest BCUT2D eigenvalue weighted by Gasteiger charge is 2.23. The number of carbonyl (C=O) groups excluding carboxylic acids is 1. The van der Waals surface area contributed by atoms with Crippen LogP contribution in [0.25, 0.3) is 11.3 Å². The van der Waals surface area contributed by atoms with Crippen LogP contribution in [0.4, 0.5) is 5.95 Å². The summed E-state index contributed by atoms with van der Waals surface area (Å²) < 4.78 is 33.2. The molecule has 180 valence electrons. The van der Waals surface area contributed by atoms with Gasteiger partial charge in [0, 0.05) is 11.1 Å². The van der Waals surface area contributed by atoms with Crippen LogP contribution in [0.5, 0.6) is 0 Å². The third-order valence-electron chi connectivity index (χ3n) is 5.19. The van der Waals surface area contributed by atoms with E-state index in [0.29, 0.717) is 11.3 Å². The standard InChI is InChI=1S/C25H28ClN3O4S/c1-15-9-7-11-18(14-25(3,4)5)20(15)21-16(2)22(26)28-24(27-21)29-34(31,32)19-12-8-10-17(13-19)23(30)33-6/h7-13H,14H2,1-6H3,(H,27,28,29). The Hall–Kier alpha value is -2.97. The summed E-state index contributed by atoms with van der Waals surface area (Å²) in [6, 6.07) is 11.6. The molecule has 0 saturated carbocycles. The smallest absolute Gasteiger partial charge is 0.337 e. The van der Waals surface area contributed by atoms with Crippen LogP contribution in [0.2, 0.25) is 5.15 Å². The number of carbonyl (C=O) groups is 1. The molecule has 3 aromatic rings. The lowest BCUT2D eigenvalue weighted by Crippen LogP contribution is -2.17. The van der Waals surface area contributed by atoms with Gasteiger partial charge in [-0.3, -0.25) is 0 Å². The van der Waals surface area contributed by atoms with Gasteiger partial charge in [-0.25, -0.2) is 22.9 Å². The maximum absolute atomic E-state index is 13.0. The number of aromatic nitrogens is 2. The van der Waals surface area contributed by atoms with Gasteiger partial charge in [-0.05, 0) is 55.0 Å². The fourth-order valence-corrected chi connectivity index (χ4v) is 4.81. The Labute approximate surface area is 205 Å². The second-order valence-corrected chi connectivity index (χ2v) is 11.3. The van der Waals surface area contributed by atoms with Crippen molar-refractivity contribution in [1.29, 1.82) is 0 Å². The molecule has 0 saturated heterocycles. The number of hydrogen-bond donors (Lipinski definition) is 1. The van der Waals surface area contributed by atoms with Crippen molar-refractivity contribution in [2.75, 3.05) is 11.8 Å². The Bertz CT molecular complexity index is 1350. The molecular formula is C25H28ClN3O4S. The number of ether oxygens (including phenoxy) is 1. The molecule has 34 heavy (non-hydrogen) atoms. The summed E-state index contributed by atoms with van der Waals surface area (Å²) in [5.41, 5.74) is 4.36. The second kappa shape index (κ2) is 9.72. The molecule has 0 atom stereocenters. The van der Waals surface area contributed by atoms with Crippen LogP contribution in [0.3, 0.4) is 0 Å². The number of rotatable bonds is 6. The Kier molecular flexibility index (Phi) is 7.33. The van der Waals surface area contributed by atoms with E-state index < -0.39 is 16.0 Å². The lowest BCUT2D eigenvalue weighted by molar-refractivity contribution is 0.0600. The van der Waals surface area contributed by atoms with Crippen LogP contribution in [0, 0.1) is 19.3 Å². The molecule has 7 nitrogen and oxygen atoms in total. The minimum Gasteiger partial charge on any atom is -0.465 e. The van der Waals surface area contributed by atoms with Gasteiger partial charge in [0.05, 0.1) is 23.3 Å². The normalized spacial score (nSPS) is 11.9. The highest BCUT2D eigenvalue weighted by Crippen LogP contribution is 2.35. The predicted molar refractivity (Wildman–Crippen MR) is 134 cm³/mol. The lowest BCUT2D eigenvalue weighted by Gasteiger charge is -2.22. The number of nitrogens with one attached hydrogen (secondary N) is 1. The Morgan fingerprint density at radius 1 is 1.09 bits per heavy atom. The van der Waals surface area contributed by atoms with Crippen LogP contribution in [-0.2, 0) is 21.2 Å². The number of esters is 1. The van der Waals surface area contributed by atoms with Crippen LogP contribution < -0.4 is 4.72 Å². The Morgan fingerprint density at radius 3 is 2.41 bits per heavy atom. The number of halogens is 1. The number of sulfonamides is 1. The molecule has 1 heterocycles. The van der Waals surface area contributed by atoms with Gasteiger partial charge >= 0.3 is 5.97 Å². The summed E-state index contributed by atoms with van der Waals surface area (Å²) in [6.45, 7) is 10.3. The number of nitrogens with zero attached hydrogens (tertiary/aromatic N) is 2. The van der Waals surface area contributed by atoms with Crippen LogP contribution >= 0.6 is 11.6 Å². The van der Waals surface area contributed by atoms with E-state index in [-0.39, 0.29) is 27.0 Å². The van der Waals surface area contributed by atoms with Crippen molar-refractivity contribution in [3.63, 3.8) is 0 Å². The van der Waals surface area contributed by atoms with Crippen molar-refractivity contribution >= 4 is 33.5 Å². The van der Waals surface area contributed by atoms with Crippen molar-refractivity contribution in [1.82, 2.24) is 9.97 Å². The number of aryl methyl sites for hydroxylation is 1. The Balaban J connectivity index is 2.09. The summed E-state index contributed by atoms with van der Waals surface area (Å²) in [5, 5.41) is 0.149. The average molecular weight is 502 g/mol. The third kappa shape index (κ3) is 5.74. The Morgan fingerprint density at radius 2 is 1.76 bits per heavy atom. The lowest BCUT2D eigenvalue weighted by atomic mass is 9.84.